The minimum Gasteiger partial charge on any atom is -0.493 e. The van der Waals surface area contributed by atoms with Crippen molar-refractivity contribution in [1.82, 2.24) is 10.3 Å². The number of hydrogen-bond donors (Lipinski definition) is 1. The molecule has 1 amide bonds. The molecule has 1 aromatic heterocycles. The molecule has 0 spiro atoms. The van der Waals surface area contributed by atoms with Crippen LogP contribution in [0.3, 0.4) is 0 Å². The lowest BCUT2D eigenvalue weighted by Crippen LogP contribution is -2.24. The summed E-state index contributed by atoms with van der Waals surface area (Å²) in [5.74, 6) is 6.78. The smallest absolute Gasteiger partial charge is 0.256 e. The van der Waals surface area contributed by atoms with Gasteiger partial charge in [0.1, 0.15) is 18.1 Å². The van der Waals surface area contributed by atoms with Crippen molar-refractivity contribution in [3.05, 3.63) is 66.5 Å². The van der Waals surface area contributed by atoms with Gasteiger partial charge in [-0.15, -0.1) is 0 Å². The third-order valence-corrected chi connectivity index (χ3v) is 3.83. The summed E-state index contributed by atoms with van der Waals surface area (Å²) in [5, 5.41) is 4.67. The van der Waals surface area contributed by atoms with Gasteiger partial charge in [0.15, 0.2) is 0 Å². The van der Waals surface area contributed by atoms with Gasteiger partial charge in [-0.1, -0.05) is 42.2 Å². The molecule has 3 rings (SSSR count). The van der Waals surface area contributed by atoms with Crippen molar-refractivity contribution in [2.75, 3.05) is 19.8 Å². The Hall–Kier alpha value is -3.52. The second-order valence-corrected chi connectivity index (χ2v) is 5.61. The molecule has 0 aliphatic heterocycles. The Morgan fingerprint density at radius 1 is 1.07 bits per heavy atom. The maximum atomic E-state index is 12.7. The van der Waals surface area contributed by atoms with Crippen molar-refractivity contribution in [1.29, 1.82) is 0 Å². The Balaban J connectivity index is 1.64. The first kappa shape index (κ1) is 18.3. The van der Waals surface area contributed by atoms with Crippen molar-refractivity contribution in [2.24, 2.45) is 0 Å². The van der Waals surface area contributed by atoms with Gasteiger partial charge in [0.05, 0.1) is 24.9 Å². The van der Waals surface area contributed by atoms with Crippen molar-refractivity contribution in [2.45, 2.75) is 6.92 Å². The van der Waals surface area contributed by atoms with Gasteiger partial charge in [0, 0.05) is 6.20 Å². The summed E-state index contributed by atoms with van der Waals surface area (Å²) in [4.78, 5) is 16.7. The molecule has 0 aliphatic carbocycles. The summed E-state index contributed by atoms with van der Waals surface area (Å²) in [6.45, 7) is 2.85. The van der Waals surface area contributed by atoms with Gasteiger partial charge < -0.3 is 14.8 Å². The summed E-state index contributed by atoms with van der Waals surface area (Å²) in [5.41, 5.74) is 0.531. The highest BCUT2D eigenvalue weighted by atomic mass is 16.5. The molecule has 0 saturated carbocycles. The van der Waals surface area contributed by atoms with Crippen LogP contribution in [0.15, 0.2) is 60.9 Å². The largest absolute Gasteiger partial charge is 0.493 e. The third kappa shape index (κ3) is 4.77. The molecule has 1 heterocycles. The SMILES string of the molecule is CCOc1ccc2ccccc2c1C(=O)NCC#CCOc1cccnc1. The quantitative estimate of drug-likeness (QED) is 0.684. The number of carbonyl (C=O) groups excluding carboxylic acids is 1. The van der Waals surface area contributed by atoms with Crippen LogP contribution in [-0.4, -0.2) is 30.6 Å². The molecule has 0 fully saturated rings. The Morgan fingerprint density at radius 2 is 1.96 bits per heavy atom. The van der Waals surface area contributed by atoms with E-state index in [0.717, 1.165) is 10.8 Å². The monoisotopic (exact) mass is 360 g/mol. The van der Waals surface area contributed by atoms with Gasteiger partial charge in [-0.05, 0) is 35.9 Å². The first-order valence-corrected chi connectivity index (χ1v) is 8.71. The van der Waals surface area contributed by atoms with E-state index in [2.05, 4.69) is 22.1 Å². The van der Waals surface area contributed by atoms with Gasteiger partial charge >= 0.3 is 0 Å². The van der Waals surface area contributed by atoms with Crippen molar-refractivity contribution in [3.63, 3.8) is 0 Å². The minimum atomic E-state index is -0.210. The normalized spacial score (nSPS) is 9.96. The van der Waals surface area contributed by atoms with Crippen LogP contribution in [0.1, 0.15) is 17.3 Å². The lowest BCUT2D eigenvalue weighted by molar-refractivity contribution is 0.0956. The Kier molecular flexibility index (Phi) is 6.26. The second-order valence-electron chi connectivity index (χ2n) is 5.61. The van der Waals surface area contributed by atoms with Crippen molar-refractivity contribution < 1.29 is 14.3 Å². The predicted molar refractivity (Wildman–Crippen MR) is 105 cm³/mol. The maximum absolute atomic E-state index is 12.7. The zero-order valence-electron chi connectivity index (χ0n) is 15.1. The number of hydrogen-bond acceptors (Lipinski definition) is 4. The van der Waals surface area contributed by atoms with Crippen LogP contribution < -0.4 is 14.8 Å². The van der Waals surface area contributed by atoms with E-state index in [-0.39, 0.29) is 19.1 Å². The lowest BCUT2D eigenvalue weighted by atomic mass is 10.0. The molecule has 3 aromatic rings. The van der Waals surface area contributed by atoms with E-state index in [1.807, 2.05) is 49.4 Å². The van der Waals surface area contributed by atoms with E-state index in [1.165, 1.54) is 0 Å². The molecular formula is C22H20N2O3. The summed E-state index contributed by atoms with van der Waals surface area (Å²) in [6.07, 6.45) is 3.30. The van der Waals surface area contributed by atoms with Gasteiger partial charge in [-0.2, -0.15) is 0 Å². The number of nitrogens with one attached hydrogen (secondary N) is 1. The van der Waals surface area contributed by atoms with Crippen LogP contribution in [0.5, 0.6) is 11.5 Å². The lowest BCUT2D eigenvalue weighted by Gasteiger charge is -2.12. The fourth-order valence-corrected chi connectivity index (χ4v) is 2.64. The average Bonchev–Trinajstić information content (AvgIpc) is 2.71. The fraction of sp³-hybridized carbons (Fsp3) is 0.182. The molecule has 0 bridgehead atoms. The van der Waals surface area contributed by atoms with E-state index in [0.29, 0.717) is 23.7 Å². The Labute approximate surface area is 158 Å². The number of benzene rings is 2. The Morgan fingerprint density at radius 3 is 2.78 bits per heavy atom. The number of rotatable bonds is 6. The molecule has 1 N–H and O–H groups in total. The number of pyridine rings is 1. The zero-order chi connectivity index (χ0) is 18.9. The van der Waals surface area contributed by atoms with Gasteiger partial charge in [0.25, 0.3) is 5.91 Å². The molecule has 27 heavy (non-hydrogen) atoms. The maximum Gasteiger partial charge on any atom is 0.256 e. The minimum absolute atomic E-state index is 0.210. The van der Waals surface area contributed by atoms with E-state index in [9.17, 15) is 4.79 Å². The van der Waals surface area contributed by atoms with Crippen molar-refractivity contribution >= 4 is 16.7 Å². The number of ether oxygens (including phenoxy) is 2. The summed E-state index contributed by atoms with van der Waals surface area (Å²) in [7, 11) is 0. The first-order chi connectivity index (χ1) is 13.3. The number of fused-ring (bicyclic) bond motifs is 1. The van der Waals surface area contributed by atoms with E-state index < -0.39 is 0 Å². The molecule has 5 heteroatoms. The van der Waals surface area contributed by atoms with Gasteiger partial charge in [0.2, 0.25) is 0 Å². The van der Waals surface area contributed by atoms with E-state index >= 15 is 0 Å². The number of carbonyl (C=O) groups is 1. The fourth-order valence-electron chi connectivity index (χ4n) is 2.64. The van der Waals surface area contributed by atoms with Crippen LogP contribution >= 0.6 is 0 Å². The molecule has 136 valence electrons. The molecule has 0 saturated heterocycles. The second kappa shape index (κ2) is 9.25. The molecule has 0 atom stereocenters. The Bertz CT molecular complexity index is 975. The van der Waals surface area contributed by atoms with Crippen molar-refractivity contribution in [3.8, 4) is 23.3 Å². The molecular weight excluding hydrogens is 340 g/mol. The van der Waals surface area contributed by atoms with E-state index in [1.54, 1.807) is 18.5 Å². The van der Waals surface area contributed by atoms with Gasteiger partial charge in [-0.25, -0.2) is 0 Å². The van der Waals surface area contributed by atoms with E-state index in [4.69, 9.17) is 9.47 Å². The number of nitrogens with zero attached hydrogens (tertiary/aromatic N) is 1. The molecule has 5 nitrogen and oxygen atoms in total. The third-order valence-electron chi connectivity index (χ3n) is 3.83. The summed E-state index contributed by atoms with van der Waals surface area (Å²) >= 11 is 0. The van der Waals surface area contributed by atoms with Crippen LogP contribution in [0.25, 0.3) is 10.8 Å². The molecule has 2 aromatic carbocycles. The van der Waals surface area contributed by atoms with Gasteiger partial charge in [-0.3, -0.25) is 9.78 Å². The first-order valence-electron chi connectivity index (χ1n) is 8.71. The van der Waals surface area contributed by atoms with Crippen LogP contribution in [0.2, 0.25) is 0 Å². The highest BCUT2D eigenvalue weighted by molar-refractivity contribution is 6.09. The number of aromatic nitrogens is 1. The molecule has 0 unspecified atom stereocenters. The highest BCUT2D eigenvalue weighted by Crippen LogP contribution is 2.28. The topological polar surface area (TPSA) is 60.5 Å². The van der Waals surface area contributed by atoms with Crippen LogP contribution in [0, 0.1) is 11.8 Å². The standard InChI is InChI=1S/C22H20N2O3/c1-2-26-20-12-11-17-8-3-4-10-19(17)21(20)22(25)24-14-5-6-15-27-18-9-7-13-23-16-18/h3-4,7-13,16H,2,14-15H2,1H3,(H,24,25). The highest BCUT2D eigenvalue weighted by Gasteiger charge is 2.15. The average molecular weight is 360 g/mol. The predicted octanol–water partition coefficient (Wildman–Crippen LogP) is 3.45. The summed E-state index contributed by atoms with van der Waals surface area (Å²) < 4.78 is 11.1. The van der Waals surface area contributed by atoms with Crippen LogP contribution in [0.4, 0.5) is 0 Å². The summed E-state index contributed by atoms with van der Waals surface area (Å²) in [6, 6.07) is 15.1. The number of amides is 1. The molecule has 0 aliphatic rings. The molecule has 0 radical (unpaired) electrons. The zero-order valence-corrected chi connectivity index (χ0v) is 15.1. The van der Waals surface area contributed by atoms with Crippen LogP contribution in [-0.2, 0) is 0 Å².